The normalized spacial score (nSPS) is 11.4. The first-order valence-corrected chi connectivity index (χ1v) is 12.3. The van der Waals surface area contributed by atoms with Gasteiger partial charge in [0.1, 0.15) is 11.9 Å². The third-order valence-corrected chi connectivity index (χ3v) is 5.68. The first kappa shape index (κ1) is 29.2. The lowest BCUT2D eigenvalue weighted by molar-refractivity contribution is -0.136. The smallest absolute Gasteiger partial charge is 0.314 e. The Hall–Kier alpha value is -4.35. The number of halogens is 1. The highest BCUT2D eigenvalue weighted by Crippen LogP contribution is 2.20. The van der Waals surface area contributed by atoms with Crippen molar-refractivity contribution in [3.05, 3.63) is 77.2 Å². The van der Waals surface area contributed by atoms with E-state index in [4.69, 9.17) is 11.6 Å². The van der Waals surface area contributed by atoms with Crippen LogP contribution >= 0.6 is 11.6 Å². The fraction of sp³-hybridized carbons (Fsp3) is 0.259. The summed E-state index contributed by atoms with van der Waals surface area (Å²) >= 11 is 5.76. The zero-order valence-electron chi connectivity index (χ0n) is 22.1. The highest BCUT2D eigenvalue weighted by molar-refractivity contribution is 6.39. The van der Waals surface area contributed by atoms with Crippen LogP contribution in [-0.2, 0) is 20.9 Å². The number of carbonyl (C=O) groups is 4. The zero-order chi connectivity index (χ0) is 28.5. The lowest BCUT2D eigenvalue weighted by atomic mass is 10.0. The van der Waals surface area contributed by atoms with E-state index in [1.54, 1.807) is 18.3 Å². The van der Waals surface area contributed by atoms with Gasteiger partial charge in [-0.1, -0.05) is 23.7 Å². The molecule has 0 aliphatic rings. The van der Waals surface area contributed by atoms with Crippen LogP contribution in [0, 0.1) is 0 Å². The standard InChI is InChI=1S/C27H30ClN7O4/c1-34(2)16-21-13-19(11-12-29-21)17-5-7-18(8-6-17)24(36)32-22(27(39)35(3)4)15-31-25(37)26(38)33-23-10-9-20(28)14-30-23/h5-14,22H,15-16H2,1-4H3,(H,31,37)(H,32,36)(H,30,33,38). The van der Waals surface area contributed by atoms with Crippen LogP contribution in [0.3, 0.4) is 0 Å². The van der Waals surface area contributed by atoms with Gasteiger partial charge in [0.2, 0.25) is 5.91 Å². The van der Waals surface area contributed by atoms with Crippen molar-refractivity contribution in [1.82, 2.24) is 30.4 Å². The predicted octanol–water partition coefficient (Wildman–Crippen LogP) is 1.80. The van der Waals surface area contributed by atoms with Gasteiger partial charge in [-0.05, 0) is 61.6 Å². The molecular formula is C27H30ClN7O4. The highest BCUT2D eigenvalue weighted by Gasteiger charge is 2.25. The number of amides is 4. The van der Waals surface area contributed by atoms with Gasteiger partial charge in [0.05, 0.1) is 10.7 Å². The van der Waals surface area contributed by atoms with Gasteiger partial charge in [0.25, 0.3) is 5.91 Å². The van der Waals surface area contributed by atoms with Gasteiger partial charge in [-0.15, -0.1) is 0 Å². The van der Waals surface area contributed by atoms with Crippen LogP contribution in [0.5, 0.6) is 0 Å². The number of pyridine rings is 2. The van der Waals surface area contributed by atoms with Crippen LogP contribution < -0.4 is 16.0 Å². The van der Waals surface area contributed by atoms with E-state index in [0.717, 1.165) is 16.8 Å². The summed E-state index contributed by atoms with van der Waals surface area (Å²) in [5.74, 6) is -2.79. The second-order valence-corrected chi connectivity index (χ2v) is 9.57. The van der Waals surface area contributed by atoms with Crippen LogP contribution in [0.15, 0.2) is 60.9 Å². The number of likely N-dealkylation sites (N-methyl/N-ethyl adjacent to an activating group) is 1. The molecule has 1 aromatic carbocycles. The lowest BCUT2D eigenvalue weighted by Crippen LogP contribution is -2.53. The van der Waals surface area contributed by atoms with Crippen molar-refractivity contribution < 1.29 is 19.2 Å². The third kappa shape index (κ3) is 8.59. The summed E-state index contributed by atoms with van der Waals surface area (Å²) in [6, 6.07) is 12.6. The molecule has 12 heteroatoms. The Balaban J connectivity index is 1.64. The number of nitrogens with one attached hydrogen (secondary N) is 3. The molecule has 0 aliphatic carbocycles. The predicted molar refractivity (Wildman–Crippen MR) is 148 cm³/mol. The molecule has 3 N–H and O–H groups in total. The molecule has 0 spiro atoms. The summed E-state index contributed by atoms with van der Waals surface area (Å²) in [6.07, 6.45) is 3.06. The molecule has 0 fully saturated rings. The molecule has 1 unspecified atom stereocenters. The van der Waals surface area contributed by atoms with Crippen molar-refractivity contribution >= 4 is 41.0 Å². The second kappa shape index (κ2) is 13.4. The van der Waals surface area contributed by atoms with Gasteiger partial charge in [-0.3, -0.25) is 24.2 Å². The Labute approximate surface area is 231 Å². The average Bonchev–Trinajstić information content (AvgIpc) is 2.91. The molecule has 39 heavy (non-hydrogen) atoms. The van der Waals surface area contributed by atoms with Gasteiger partial charge in [0, 0.05) is 45.1 Å². The number of benzene rings is 1. The molecule has 0 saturated heterocycles. The molecule has 4 amide bonds. The topological polar surface area (TPSA) is 137 Å². The van der Waals surface area contributed by atoms with E-state index in [9.17, 15) is 19.2 Å². The Bertz CT molecular complexity index is 1330. The molecule has 2 aromatic heterocycles. The van der Waals surface area contributed by atoms with Crippen LogP contribution in [0.25, 0.3) is 11.1 Å². The van der Waals surface area contributed by atoms with Crippen LogP contribution in [0.2, 0.25) is 5.02 Å². The van der Waals surface area contributed by atoms with E-state index in [2.05, 4.69) is 25.9 Å². The Morgan fingerprint density at radius 1 is 0.897 bits per heavy atom. The first-order valence-electron chi connectivity index (χ1n) is 12.0. The van der Waals surface area contributed by atoms with E-state index in [-0.39, 0.29) is 12.4 Å². The summed E-state index contributed by atoms with van der Waals surface area (Å²) in [5, 5.41) is 7.72. The number of carbonyl (C=O) groups excluding carboxylic acids is 4. The van der Waals surface area contributed by atoms with E-state index in [0.29, 0.717) is 17.1 Å². The molecule has 3 aromatic rings. The molecule has 3 rings (SSSR count). The maximum Gasteiger partial charge on any atom is 0.314 e. The fourth-order valence-electron chi connectivity index (χ4n) is 3.53. The molecule has 0 aliphatic heterocycles. The minimum Gasteiger partial charge on any atom is -0.347 e. The number of nitrogens with zero attached hydrogens (tertiary/aromatic N) is 4. The van der Waals surface area contributed by atoms with Gasteiger partial charge >= 0.3 is 11.8 Å². The largest absolute Gasteiger partial charge is 0.347 e. The third-order valence-electron chi connectivity index (χ3n) is 5.46. The fourth-order valence-corrected chi connectivity index (χ4v) is 3.65. The number of hydrogen-bond donors (Lipinski definition) is 3. The summed E-state index contributed by atoms with van der Waals surface area (Å²) in [4.78, 5) is 61.7. The molecule has 1 atom stereocenters. The van der Waals surface area contributed by atoms with Crippen molar-refractivity contribution in [3.63, 3.8) is 0 Å². The second-order valence-electron chi connectivity index (χ2n) is 9.14. The van der Waals surface area contributed by atoms with Crippen LogP contribution in [0.1, 0.15) is 16.1 Å². The van der Waals surface area contributed by atoms with Gasteiger partial charge in [-0.25, -0.2) is 4.98 Å². The van der Waals surface area contributed by atoms with Crippen molar-refractivity contribution in [2.45, 2.75) is 12.6 Å². The molecule has 204 valence electrons. The zero-order valence-corrected chi connectivity index (χ0v) is 22.8. The van der Waals surface area contributed by atoms with E-state index >= 15 is 0 Å². The molecule has 11 nitrogen and oxygen atoms in total. The number of hydrogen-bond acceptors (Lipinski definition) is 7. The lowest BCUT2D eigenvalue weighted by Gasteiger charge is -2.22. The first-order chi connectivity index (χ1) is 18.5. The molecule has 0 bridgehead atoms. The van der Waals surface area contributed by atoms with Crippen molar-refractivity contribution in [3.8, 4) is 11.1 Å². The summed E-state index contributed by atoms with van der Waals surface area (Å²) in [5.41, 5.74) is 3.12. The maximum atomic E-state index is 12.9. The van der Waals surface area contributed by atoms with E-state index in [1.807, 2.05) is 43.3 Å². The Morgan fingerprint density at radius 2 is 1.62 bits per heavy atom. The SMILES string of the molecule is CN(C)Cc1cc(-c2ccc(C(=O)NC(CNC(=O)C(=O)Nc3ccc(Cl)cn3)C(=O)N(C)C)cc2)ccn1. The molecule has 0 saturated carbocycles. The molecule has 2 heterocycles. The van der Waals surface area contributed by atoms with Crippen molar-refractivity contribution in [2.75, 3.05) is 40.1 Å². The van der Waals surface area contributed by atoms with Crippen LogP contribution in [-0.4, -0.2) is 84.2 Å². The summed E-state index contributed by atoms with van der Waals surface area (Å²) in [7, 11) is 6.98. The van der Waals surface area contributed by atoms with Crippen molar-refractivity contribution in [2.24, 2.45) is 0 Å². The van der Waals surface area contributed by atoms with E-state index < -0.39 is 29.7 Å². The maximum absolute atomic E-state index is 12.9. The van der Waals surface area contributed by atoms with Gasteiger partial charge in [0.15, 0.2) is 0 Å². The average molecular weight is 552 g/mol. The number of aromatic nitrogens is 2. The van der Waals surface area contributed by atoms with Gasteiger partial charge < -0.3 is 25.8 Å². The Morgan fingerprint density at radius 3 is 2.23 bits per heavy atom. The minimum atomic E-state index is -1.11. The quantitative estimate of drug-likeness (QED) is 0.345. The van der Waals surface area contributed by atoms with E-state index in [1.165, 1.54) is 37.3 Å². The highest BCUT2D eigenvalue weighted by atomic mass is 35.5. The number of anilines is 1. The summed E-state index contributed by atoms with van der Waals surface area (Å²) < 4.78 is 0. The van der Waals surface area contributed by atoms with Crippen molar-refractivity contribution in [1.29, 1.82) is 0 Å². The van der Waals surface area contributed by atoms with Crippen LogP contribution in [0.4, 0.5) is 5.82 Å². The summed E-state index contributed by atoms with van der Waals surface area (Å²) in [6.45, 7) is 0.401. The monoisotopic (exact) mass is 551 g/mol. The molecule has 0 radical (unpaired) electrons. The minimum absolute atomic E-state index is 0.137. The molecular weight excluding hydrogens is 522 g/mol. The Kier molecular flexibility index (Phi) is 10.1. The number of rotatable bonds is 9. The van der Waals surface area contributed by atoms with Gasteiger partial charge in [-0.2, -0.15) is 0 Å².